The van der Waals surface area contributed by atoms with Crippen molar-refractivity contribution in [1.82, 2.24) is 4.90 Å². The summed E-state index contributed by atoms with van der Waals surface area (Å²) in [7, 11) is 0. The summed E-state index contributed by atoms with van der Waals surface area (Å²) in [5.41, 5.74) is 1.14. The number of nitrogens with zero attached hydrogens (tertiary/aromatic N) is 1. The van der Waals surface area contributed by atoms with E-state index in [2.05, 4.69) is 0 Å². The van der Waals surface area contributed by atoms with Gasteiger partial charge in [0.15, 0.2) is 12.4 Å². The number of ether oxygens (including phenoxy) is 1. The highest BCUT2D eigenvalue weighted by atomic mass is 16.5. The Kier molecular flexibility index (Phi) is 6.84. The lowest BCUT2D eigenvalue weighted by Crippen LogP contribution is -2.34. The lowest BCUT2D eigenvalue weighted by Gasteiger charge is -2.25. The number of phenols is 1. The molecule has 0 spiro atoms. The number of aromatic hydroxyl groups is 1. The third-order valence-corrected chi connectivity index (χ3v) is 4.65. The van der Waals surface area contributed by atoms with Crippen LogP contribution < -0.4 is 4.74 Å². The second-order valence-electron chi connectivity index (χ2n) is 7.67. The van der Waals surface area contributed by atoms with Crippen molar-refractivity contribution in [2.75, 3.05) is 19.7 Å². The summed E-state index contributed by atoms with van der Waals surface area (Å²) in [4.78, 5) is 26.8. The summed E-state index contributed by atoms with van der Waals surface area (Å²) in [6.07, 6.45) is 0. The normalized spacial score (nSPS) is 11.2. The third-order valence-electron chi connectivity index (χ3n) is 4.65. The minimum atomic E-state index is -0.340. The van der Waals surface area contributed by atoms with E-state index in [1.807, 2.05) is 40.7 Å². The van der Waals surface area contributed by atoms with Crippen molar-refractivity contribution < 1.29 is 19.4 Å². The van der Waals surface area contributed by atoms with Gasteiger partial charge < -0.3 is 14.7 Å². The number of benzene rings is 2. The van der Waals surface area contributed by atoms with Crippen LogP contribution in [0.2, 0.25) is 0 Å². The van der Waals surface area contributed by atoms with Crippen LogP contribution in [0.15, 0.2) is 42.5 Å². The van der Waals surface area contributed by atoms with Crippen LogP contribution in [0.1, 0.15) is 56.1 Å². The summed E-state index contributed by atoms with van der Waals surface area (Å²) < 4.78 is 5.77. The molecule has 1 amide bonds. The minimum Gasteiger partial charge on any atom is -0.507 e. The molecular weight excluding hydrogens is 354 g/mol. The Morgan fingerprint density at radius 1 is 1.04 bits per heavy atom. The van der Waals surface area contributed by atoms with E-state index in [4.69, 9.17) is 4.74 Å². The Labute approximate surface area is 166 Å². The van der Waals surface area contributed by atoms with Crippen LogP contribution >= 0.6 is 0 Å². The second-order valence-corrected chi connectivity index (χ2v) is 7.67. The Balaban J connectivity index is 2.38. The fourth-order valence-corrected chi connectivity index (χ4v) is 3.01. The molecule has 0 atom stereocenters. The van der Waals surface area contributed by atoms with E-state index in [1.165, 1.54) is 6.07 Å². The molecule has 2 aromatic carbocycles. The van der Waals surface area contributed by atoms with Crippen LogP contribution in [-0.4, -0.2) is 41.4 Å². The SMILES string of the molecule is CCN(CC)C(=O)COc1cc(O)c(C(=O)c2ccccc2)cc1C(C)(C)C. The van der Waals surface area contributed by atoms with Crippen molar-refractivity contribution in [2.45, 2.75) is 40.0 Å². The number of hydrogen-bond acceptors (Lipinski definition) is 4. The number of carbonyl (C=O) groups is 2. The average molecular weight is 383 g/mol. The quantitative estimate of drug-likeness (QED) is 0.729. The molecule has 2 rings (SSSR count). The van der Waals surface area contributed by atoms with Gasteiger partial charge in [0.25, 0.3) is 5.91 Å². The largest absolute Gasteiger partial charge is 0.507 e. The maximum atomic E-state index is 12.8. The number of ketones is 1. The van der Waals surface area contributed by atoms with Gasteiger partial charge in [-0.2, -0.15) is 0 Å². The van der Waals surface area contributed by atoms with Crippen molar-refractivity contribution in [3.05, 3.63) is 59.2 Å². The minimum absolute atomic E-state index is 0.115. The Morgan fingerprint density at radius 3 is 2.18 bits per heavy atom. The van der Waals surface area contributed by atoms with Gasteiger partial charge >= 0.3 is 0 Å². The van der Waals surface area contributed by atoms with E-state index in [0.717, 1.165) is 5.56 Å². The molecule has 0 aliphatic heterocycles. The zero-order valence-corrected chi connectivity index (χ0v) is 17.3. The summed E-state index contributed by atoms with van der Waals surface area (Å²) in [5.74, 6) is -0.120. The number of carbonyl (C=O) groups excluding carboxylic acids is 2. The first-order valence-electron chi connectivity index (χ1n) is 9.56. The van der Waals surface area contributed by atoms with Crippen LogP contribution in [0.4, 0.5) is 0 Å². The molecule has 0 saturated heterocycles. The van der Waals surface area contributed by atoms with E-state index in [9.17, 15) is 14.7 Å². The highest BCUT2D eigenvalue weighted by Crippen LogP contribution is 2.37. The molecule has 0 saturated carbocycles. The molecule has 0 aromatic heterocycles. The van der Waals surface area contributed by atoms with Crippen molar-refractivity contribution in [1.29, 1.82) is 0 Å². The van der Waals surface area contributed by atoms with Crippen LogP contribution in [0, 0.1) is 0 Å². The van der Waals surface area contributed by atoms with Crippen LogP contribution in [0.3, 0.4) is 0 Å². The molecule has 1 N–H and O–H groups in total. The summed E-state index contributed by atoms with van der Waals surface area (Å²) in [6.45, 7) is 10.9. The molecule has 0 aliphatic carbocycles. The molecule has 0 heterocycles. The molecule has 5 heteroatoms. The lowest BCUT2D eigenvalue weighted by molar-refractivity contribution is -0.133. The fraction of sp³-hybridized carbons (Fsp3) is 0.391. The third kappa shape index (κ3) is 4.91. The summed E-state index contributed by atoms with van der Waals surface area (Å²) >= 11 is 0. The predicted octanol–water partition coefficient (Wildman–Crippen LogP) is 4.17. The predicted molar refractivity (Wildman–Crippen MR) is 110 cm³/mol. The van der Waals surface area contributed by atoms with Crippen molar-refractivity contribution in [2.24, 2.45) is 0 Å². The Morgan fingerprint density at radius 2 is 1.64 bits per heavy atom. The van der Waals surface area contributed by atoms with E-state index in [0.29, 0.717) is 24.4 Å². The molecule has 0 radical (unpaired) electrons. The maximum Gasteiger partial charge on any atom is 0.260 e. The number of phenolic OH excluding ortho intramolecular Hbond substituents is 1. The first kappa shape index (κ1) is 21.5. The number of amides is 1. The van der Waals surface area contributed by atoms with Gasteiger partial charge in [-0.05, 0) is 25.3 Å². The van der Waals surface area contributed by atoms with E-state index in [1.54, 1.807) is 35.2 Å². The van der Waals surface area contributed by atoms with Gasteiger partial charge in [0.1, 0.15) is 11.5 Å². The molecule has 0 bridgehead atoms. The van der Waals surface area contributed by atoms with Gasteiger partial charge in [0.2, 0.25) is 0 Å². The van der Waals surface area contributed by atoms with Gasteiger partial charge in [-0.1, -0.05) is 51.1 Å². The molecule has 5 nitrogen and oxygen atoms in total. The number of likely N-dealkylation sites (N-methyl/N-ethyl adjacent to an activating group) is 1. The molecule has 2 aromatic rings. The highest BCUT2D eigenvalue weighted by molar-refractivity contribution is 6.10. The van der Waals surface area contributed by atoms with E-state index < -0.39 is 0 Å². The van der Waals surface area contributed by atoms with Gasteiger partial charge in [0.05, 0.1) is 5.56 Å². The molecule has 150 valence electrons. The summed E-state index contributed by atoms with van der Waals surface area (Å²) in [5, 5.41) is 10.5. The molecule has 0 aliphatic rings. The molecular formula is C23H29NO4. The summed E-state index contributed by atoms with van der Waals surface area (Å²) in [6, 6.07) is 11.9. The topological polar surface area (TPSA) is 66.8 Å². The second kappa shape index (κ2) is 8.91. The van der Waals surface area contributed by atoms with Crippen molar-refractivity contribution >= 4 is 11.7 Å². The first-order chi connectivity index (χ1) is 13.2. The molecule has 28 heavy (non-hydrogen) atoms. The zero-order valence-electron chi connectivity index (χ0n) is 17.3. The van der Waals surface area contributed by atoms with E-state index >= 15 is 0 Å². The Hall–Kier alpha value is -2.82. The first-order valence-corrected chi connectivity index (χ1v) is 9.56. The van der Waals surface area contributed by atoms with Gasteiger partial charge in [-0.3, -0.25) is 9.59 Å². The zero-order chi connectivity index (χ0) is 20.9. The fourth-order valence-electron chi connectivity index (χ4n) is 3.01. The van der Waals surface area contributed by atoms with Crippen LogP contribution in [-0.2, 0) is 10.2 Å². The van der Waals surface area contributed by atoms with Crippen molar-refractivity contribution in [3.63, 3.8) is 0 Å². The Bertz CT molecular complexity index is 834. The molecule has 0 unspecified atom stereocenters. The lowest BCUT2D eigenvalue weighted by atomic mass is 9.84. The number of hydrogen-bond donors (Lipinski definition) is 1. The van der Waals surface area contributed by atoms with Crippen LogP contribution in [0.25, 0.3) is 0 Å². The standard InChI is InChI=1S/C23H29NO4/c1-6-24(7-2)21(26)15-28-20-14-19(25)17(13-18(20)23(3,4)5)22(27)16-11-9-8-10-12-16/h8-14,25H,6-7,15H2,1-5H3. The van der Waals surface area contributed by atoms with E-state index in [-0.39, 0.29) is 35.0 Å². The maximum absolute atomic E-state index is 12.8. The van der Waals surface area contributed by atoms with Gasteiger partial charge in [-0.15, -0.1) is 0 Å². The highest BCUT2D eigenvalue weighted by Gasteiger charge is 2.25. The van der Waals surface area contributed by atoms with Gasteiger partial charge in [0, 0.05) is 30.3 Å². The monoisotopic (exact) mass is 383 g/mol. The van der Waals surface area contributed by atoms with Crippen LogP contribution in [0.5, 0.6) is 11.5 Å². The average Bonchev–Trinajstić information content (AvgIpc) is 2.66. The smallest absolute Gasteiger partial charge is 0.260 e. The number of rotatable bonds is 7. The van der Waals surface area contributed by atoms with Crippen molar-refractivity contribution in [3.8, 4) is 11.5 Å². The molecule has 0 fully saturated rings. The van der Waals surface area contributed by atoms with Gasteiger partial charge in [-0.25, -0.2) is 0 Å².